The minimum absolute atomic E-state index is 0.0395. The van der Waals surface area contributed by atoms with Gasteiger partial charge in [-0.25, -0.2) is 0 Å². The second-order valence-corrected chi connectivity index (χ2v) is 4.62. The molecule has 0 bridgehead atoms. The van der Waals surface area contributed by atoms with Crippen molar-refractivity contribution in [2.24, 2.45) is 0 Å². The zero-order valence-corrected chi connectivity index (χ0v) is 10.6. The topological polar surface area (TPSA) is 69.6 Å². The predicted octanol–water partition coefficient (Wildman–Crippen LogP) is 0.840. The van der Waals surface area contributed by atoms with Gasteiger partial charge in [-0.2, -0.15) is 0 Å². The molecule has 2 N–H and O–H groups in total. The molecule has 0 aromatic rings. The predicted molar refractivity (Wildman–Crippen MR) is 64.7 cm³/mol. The molecule has 5 heteroatoms. The van der Waals surface area contributed by atoms with Crippen LogP contribution in [0.5, 0.6) is 0 Å². The van der Waals surface area contributed by atoms with Gasteiger partial charge in [0.2, 0.25) is 5.91 Å². The van der Waals surface area contributed by atoms with E-state index in [1.165, 1.54) is 0 Å². The second kappa shape index (κ2) is 6.59. The number of hydrogen-bond donors (Lipinski definition) is 2. The van der Waals surface area contributed by atoms with Gasteiger partial charge in [0.25, 0.3) is 0 Å². The summed E-state index contributed by atoms with van der Waals surface area (Å²) in [6.07, 6.45) is 2.52. The first-order valence-corrected chi connectivity index (χ1v) is 6.29. The lowest BCUT2D eigenvalue weighted by molar-refractivity contribution is -0.138. The lowest BCUT2D eigenvalue weighted by atomic mass is 10.2. The first-order valence-electron chi connectivity index (χ1n) is 6.29. The standard InChI is InChI=1S/C12H22N2O3/c1-3-13-9(2)8-11(15)14(10-4-5-10)7-6-12(16)17/h9-10,13H,3-8H2,1-2H3,(H,16,17). The molecule has 98 valence electrons. The minimum atomic E-state index is -0.844. The second-order valence-electron chi connectivity index (χ2n) is 4.62. The molecule has 1 aliphatic rings. The van der Waals surface area contributed by atoms with Crippen molar-refractivity contribution in [1.82, 2.24) is 10.2 Å². The molecule has 0 heterocycles. The Kier molecular flexibility index (Phi) is 5.41. The van der Waals surface area contributed by atoms with E-state index in [9.17, 15) is 9.59 Å². The number of nitrogens with zero attached hydrogens (tertiary/aromatic N) is 1. The summed E-state index contributed by atoms with van der Waals surface area (Å²) < 4.78 is 0. The van der Waals surface area contributed by atoms with Crippen LogP contribution in [0.4, 0.5) is 0 Å². The lowest BCUT2D eigenvalue weighted by Gasteiger charge is -2.23. The minimum Gasteiger partial charge on any atom is -0.481 e. The average Bonchev–Trinajstić information content (AvgIpc) is 3.01. The van der Waals surface area contributed by atoms with Gasteiger partial charge in [-0.1, -0.05) is 6.92 Å². The quantitative estimate of drug-likeness (QED) is 0.662. The van der Waals surface area contributed by atoms with Crippen LogP contribution in [0.2, 0.25) is 0 Å². The van der Waals surface area contributed by atoms with Crippen LogP contribution in [-0.4, -0.2) is 47.1 Å². The van der Waals surface area contributed by atoms with E-state index in [-0.39, 0.29) is 24.4 Å². The number of carbonyl (C=O) groups excluding carboxylic acids is 1. The molecule has 1 unspecified atom stereocenters. The highest BCUT2D eigenvalue weighted by atomic mass is 16.4. The first-order chi connectivity index (χ1) is 8.04. The molecule has 1 rings (SSSR count). The van der Waals surface area contributed by atoms with E-state index in [0.717, 1.165) is 19.4 Å². The Balaban J connectivity index is 2.40. The number of aliphatic carboxylic acids is 1. The van der Waals surface area contributed by atoms with Gasteiger partial charge in [-0.05, 0) is 26.3 Å². The lowest BCUT2D eigenvalue weighted by Crippen LogP contribution is -2.39. The summed E-state index contributed by atoms with van der Waals surface area (Å²) in [6.45, 7) is 5.17. The van der Waals surface area contributed by atoms with Crippen LogP contribution in [-0.2, 0) is 9.59 Å². The Morgan fingerprint density at radius 3 is 2.59 bits per heavy atom. The normalized spacial score (nSPS) is 16.6. The third-order valence-electron chi connectivity index (χ3n) is 2.91. The number of carboxylic acids is 1. The zero-order valence-electron chi connectivity index (χ0n) is 10.6. The highest BCUT2D eigenvalue weighted by molar-refractivity contribution is 5.78. The van der Waals surface area contributed by atoms with Crippen LogP contribution in [0.1, 0.15) is 39.5 Å². The Morgan fingerprint density at radius 1 is 1.47 bits per heavy atom. The van der Waals surface area contributed by atoms with Crippen LogP contribution in [0.15, 0.2) is 0 Å². The number of amides is 1. The Labute approximate surface area is 102 Å². The summed E-state index contributed by atoms with van der Waals surface area (Å²) in [5, 5.41) is 11.9. The first kappa shape index (κ1) is 14.0. The summed E-state index contributed by atoms with van der Waals surface area (Å²) in [5.41, 5.74) is 0. The zero-order chi connectivity index (χ0) is 12.8. The summed E-state index contributed by atoms with van der Waals surface area (Å²) in [4.78, 5) is 24.3. The van der Waals surface area contributed by atoms with E-state index in [0.29, 0.717) is 13.0 Å². The summed E-state index contributed by atoms with van der Waals surface area (Å²) in [6, 6.07) is 0.439. The Bertz CT molecular complexity index is 277. The molecule has 0 aliphatic heterocycles. The number of nitrogens with one attached hydrogen (secondary N) is 1. The van der Waals surface area contributed by atoms with Crippen molar-refractivity contribution in [3.8, 4) is 0 Å². The van der Waals surface area contributed by atoms with Gasteiger partial charge >= 0.3 is 5.97 Å². The number of carbonyl (C=O) groups is 2. The third kappa shape index (κ3) is 5.17. The van der Waals surface area contributed by atoms with Gasteiger partial charge < -0.3 is 15.3 Å². The van der Waals surface area contributed by atoms with E-state index in [1.54, 1.807) is 4.90 Å². The smallest absolute Gasteiger partial charge is 0.305 e. The van der Waals surface area contributed by atoms with Gasteiger partial charge in [0.15, 0.2) is 0 Å². The third-order valence-corrected chi connectivity index (χ3v) is 2.91. The van der Waals surface area contributed by atoms with Crippen LogP contribution < -0.4 is 5.32 Å². The molecular formula is C12H22N2O3. The van der Waals surface area contributed by atoms with E-state index in [4.69, 9.17) is 5.11 Å². The molecule has 1 saturated carbocycles. The van der Waals surface area contributed by atoms with Crippen LogP contribution >= 0.6 is 0 Å². The summed E-state index contributed by atoms with van der Waals surface area (Å²) >= 11 is 0. The summed E-state index contributed by atoms with van der Waals surface area (Å²) in [5.74, 6) is -0.773. The molecule has 0 aromatic carbocycles. The number of hydrogen-bond acceptors (Lipinski definition) is 3. The van der Waals surface area contributed by atoms with Crippen molar-refractivity contribution < 1.29 is 14.7 Å². The van der Waals surface area contributed by atoms with Crippen molar-refractivity contribution in [2.75, 3.05) is 13.1 Å². The van der Waals surface area contributed by atoms with Gasteiger partial charge in [0, 0.05) is 25.0 Å². The van der Waals surface area contributed by atoms with Crippen LogP contribution in [0, 0.1) is 0 Å². The molecule has 0 radical (unpaired) electrons. The van der Waals surface area contributed by atoms with E-state index in [1.807, 2.05) is 13.8 Å². The maximum Gasteiger partial charge on any atom is 0.305 e. The number of carboxylic acid groups (broad SMARTS) is 1. The van der Waals surface area contributed by atoms with E-state index in [2.05, 4.69) is 5.32 Å². The van der Waals surface area contributed by atoms with Crippen LogP contribution in [0.3, 0.4) is 0 Å². The van der Waals surface area contributed by atoms with Crippen molar-refractivity contribution in [3.05, 3.63) is 0 Å². The van der Waals surface area contributed by atoms with E-state index < -0.39 is 5.97 Å². The largest absolute Gasteiger partial charge is 0.481 e. The fourth-order valence-electron chi connectivity index (χ4n) is 1.91. The molecule has 0 spiro atoms. The molecular weight excluding hydrogens is 220 g/mol. The molecule has 1 amide bonds. The van der Waals surface area contributed by atoms with Crippen molar-refractivity contribution in [2.45, 2.75) is 51.6 Å². The van der Waals surface area contributed by atoms with Crippen LogP contribution in [0.25, 0.3) is 0 Å². The number of rotatable bonds is 8. The van der Waals surface area contributed by atoms with E-state index >= 15 is 0 Å². The molecule has 17 heavy (non-hydrogen) atoms. The Hall–Kier alpha value is -1.10. The highest BCUT2D eigenvalue weighted by Gasteiger charge is 2.32. The molecule has 1 atom stereocenters. The summed E-state index contributed by atoms with van der Waals surface area (Å²) in [7, 11) is 0. The van der Waals surface area contributed by atoms with Gasteiger partial charge in [0.1, 0.15) is 0 Å². The average molecular weight is 242 g/mol. The maximum atomic E-state index is 12.0. The molecule has 5 nitrogen and oxygen atoms in total. The van der Waals surface area contributed by atoms with Gasteiger partial charge in [0.05, 0.1) is 6.42 Å². The highest BCUT2D eigenvalue weighted by Crippen LogP contribution is 2.27. The molecule has 0 saturated heterocycles. The maximum absolute atomic E-state index is 12.0. The Morgan fingerprint density at radius 2 is 2.12 bits per heavy atom. The van der Waals surface area contributed by atoms with Crippen molar-refractivity contribution in [3.63, 3.8) is 0 Å². The van der Waals surface area contributed by atoms with Gasteiger partial charge in [-0.3, -0.25) is 9.59 Å². The van der Waals surface area contributed by atoms with Crippen molar-refractivity contribution in [1.29, 1.82) is 0 Å². The monoisotopic (exact) mass is 242 g/mol. The molecule has 1 aliphatic carbocycles. The SMILES string of the molecule is CCNC(C)CC(=O)N(CCC(=O)O)C1CC1. The van der Waals surface area contributed by atoms with Gasteiger partial charge in [-0.15, -0.1) is 0 Å². The molecule has 0 aromatic heterocycles. The molecule has 1 fully saturated rings. The fourth-order valence-corrected chi connectivity index (χ4v) is 1.91. The fraction of sp³-hybridized carbons (Fsp3) is 0.833. The van der Waals surface area contributed by atoms with Crippen molar-refractivity contribution >= 4 is 11.9 Å².